The molecule has 0 heterocycles. The quantitative estimate of drug-likeness (QED) is 0.740. The van der Waals surface area contributed by atoms with Gasteiger partial charge in [-0.25, -0.2) is 0 Å². The molecule has 1 nitrogen and oxygen atoms in total. The lowest BCUT2D eigenvalue weighted by Crippen LogP contribution is -2.01. The second-order valence-electron chi connectivity index (χ2n) is 3.97. The molecule has 0 radical (unpaired) electrons. The molecule has 0 aromatic heterocycles. The molecule has 0 aliphatic carbocycles. The minimum Gasteiger partial charge on any atom is -0.435 e. The Morgan fingerprint density at radius 2 is 1.63 bits per heavy atom. The van der Waals surface area contributed by atoms with Crippen LogP contribution in [0.3, 0.4) is 0 Å². The Bertz CT molecular complexity index is 607. The summed E-state index contributed by atoms with van der Waals surface area (Å²) in [5, 5.41) is 0. The molecule has 0 spiro atoms. The molecule has 2 rings (SSSR count). The second kappa shape index (κ2) is 6.01. The Morgan fingerprint density at radius 3 is 2.26 bits per heavy atom. The van der Waals surface area contributed by atoms with Crippen molar-refractivity contribution in [1.82, 2.24) is 0 Å². The molecule has 0 aliphatic heterocycles. The molecule has 0 unspecified atom stereocenters. The lowest BCUT2D eigenvalue weighted by atomic mass is 10.1. The molecule has 0 N–H and O–H groups in total. The van der Waals surface area contributed by atoms with E-state index in [1.807, 2.05) is 31.2 Å². The normalized spacial score (nSPS) is 9.89. The SMILES string of the molecule is Cc1ccccc1C#Cc1ccc(OC(F)F)cc1. The fraction of sp³-hybridized carbons (Fsp3) is 0.125. The lowest BCUT2D eigenvalue weighted by Gasteiger charge is -2.03. The number of hydrogen-bond acceptors (Lipinski definition) is 1. The highest BCUT2D eigenvalue weighted by Crippen LogP contribution is 2.14. The average molecular weight is 258 g/mol. The van der Waals surface area contributed by atoms with E-state index in [0.29, 0.717) is 0 Å². The van der Waals surface area contributed by atoms with E-state index in [1.165, 1.54) is 12.1 Å². The molecule has 0 atom stereocenters. The lowest BCUT2D eigenvalue weighted by molar-refractivity contribution is -0.0498. The molecule has 19 heavy (non-hydrogen) atoms. The summed E-state index contributed by atoms with van der Waals surface area (Å²) in [4.78, 5) is 0. The summed E-state index contributed by atoms with van der Waals surface area (Å²) in [7, 11) is 0. The molecule has 0 aliphatic rings. The number of aryl methyl sites for hydroxylation is 1. The first kappa shape index (κ1) is 13.1. The van der Waals surface area contributed by atoms with Gasteiger partial charge in [-0.1, -0.05) is 30.0 Å². The number of ether oxygens (including phenoxy) is 1. The smallest absolute Gasteiger partial charge is 0.387 e. The largest absolute Gasteiger partial charge is 0.435 e. The van der Waals surface area contributed by atoms with Gasteiger partial charge in [0, 0.05) is 11.1 Å². The van der Waals surface area contributed by atoms with Crippen LogP contribution in [-0.2, 0) is 0 Å². The van der Waals surface area contributed by atoms with Gasteiger partial charge in [-0.2, -0.15) is 8.78 Å². The van der Waals surface area contributed by atoms with E-state index in [9.17, 15) is 8.78 Å². The van der Waals surface area contributed by atoms with E-state index in [4.69, 9.17) is 0 Å². The zero-order valence-corrected chi connectivity index (χ0v) is 10.4. The maximum Gasteiger partial charge on any atom is 0.387 e. The summed E-state index contributed by atoms with van der Waals surface area (Å²) in [6.45, 7) is -0.812. The van der Waals surface area contributed by atoms with Crippen LogP contribution in [0.2, 0.25) is 0 Å². The number of alkyl halides is 2. The maximum atomic E-state index is 12.0. The van der Waals surface area contributed by atoms with Gasteiger partial charge in [0.25, 0.3) is 0 Å². The van der Waals surface area contributed by atoms with Crippen molar-refractivity contribution < 1.29 is 13.5 Å². The zero-order valence-electron chi connectivity index (χ0n) is 10.4. The summed E-state index contributed by atoms with van der Waals surface area (Å²) in [6, 6.07) is 14.1. The van der Waals surface area contributed by atoms with Crippen molar-refractivity contribution in [2.75, 3.05) is 0 Å². The van der Waals surface area contributed by atoms with Gasteiger partial charge in [-0.3, -0.25) is 0 Å². The summed E-state index contributed by atoms with van der Waals surface area (Å²) >= 11 is 0. The standard InChI is InChI=1S/C16H12F2O/c1-12-4-2-3-5-14(12)9-6-13-7-10-15(11-8-13)19-16(17)18/h2-5,7-8,10-11,16H,1H3. The van der Waals surface area contributed by atoms with Crippen LogP contribution in [-0.4, -0.2) is 6.61 Å². The third-order valence-corrected chi connectivity index (χ3v) is 2.57. The first-order valence-electron chi connectivity index (χ1n) is 5.77. The molecule has 0 amide bonds. The highest BCUT2D eigenvalue weighted by atomic mass is 19.3. The van der Waals surface area contributed by atoms with Gasteiger partial charge >= 0.3 is 6.61 Å². The fourth-order valence-corrected chi connectivity index (χ4v) is 1.57. The minimum atomic E-state index is -2.80. The fourth-order valence-electron chi connectivity index (χ4n) is 1.57. The Hall–Kier alpha value is -2.34. The molecule has 0 saturated carbocycles. The molecule has 96 valence electrons. The second-order valence-corrected chi connectivity index (χ2v) is 3.97. The number of rotatable bonds is 2. The molecule has 2 aromatic carbocycles. The zero-order chi connectivity index (χ0) is 13.7. The van der Waals surface area contributed by atoms with E-state index in [2.05, 4.69) is 16.6 Å². The first-order valence-corrected chi connectivity index (χ1v) is 5.77. The predicted molar refractivity (Wildman–Crippen MR) is 70.2 cm³/mol. The van der Waals surface area contributed by atoms with Gasteiger partial charge in [0.05, 0.1) is 0 Å². The molecular formula is C16H12F2O. The molecule has 0 fully saturated rings. The Morgan fingerprint density at radius 1 is 0.947 bits per heavy atom. The van der Waals surface area contributed by atoms with Gasteiger partial charge in [0.1, 0.15) is 5.75 Å². The summed E-state index contributed by atoms with van der Waals surface area (Å²) < 4.78 is 28.2. The van der Waals surface area contributed by atoms with Crippen molar-refractivity contribution in [1.29, 1.82) is 0 Å². The van der Waals surface area contributed by atoms with Crippen LogP contribution in [0, 0.1) is 18.8 Å². The highest BCUT2D eigenvalue weighted by Gasteiger charge is 2.02. The van der Waals surface area contributed by atoms with Crippen LogP contribution < -0.4 is 4.74 Å². The highest BCUT2D eigenvalue weighted by molar-refractivity contribution is 5.46. The molecule has 0 saturated heterocycles. The van der Waals surface area contributed by atoms with E-state index >= 15 is 0 Å². The van der Waals surface area contributed by atoms with E-state index < -0.39 is 6.61 Å². The minimum absolute atomic E-state index is 0.136. The van der Waals surface area contributed by atoms with Crippen molar-refractivity contribution in [2.45, 2.75) is 13.5 Å². The van der Waals surface area contributed by atoms with E-state index in [1.54, 1.807) is 12.1 Å². The summed E-state index contributed by atoms with van der Waals surface area (Å²) in [6.07, 6.45) is 0. The van der Waals surface area contributed by atoms with Crippen LogP contribution >= 0.6 is 0 Å². The van der Waals surface area contributed by atoms with Crippen molar-refractivity contribution in [2.24, 2.45) is 0 Å². The first-order chi connectivity index (χ1) is 9.15. The average Bonchev–Trinajstić information content (AvgIpc) is 2.39. The van der Waals surface area contributed by atoms with Crippen molar-refractivity contribution >= 4 is 0 Å². The van der Waals surface area contributed by atoms with Crippen molar-refractivity contribution in [3.8, 4) is 17.6 Å². The van der Waals surface area contributed by atoms with Gasteiger partial charge in [-0.05, 0) is 42.8 Å². The maximum absolute atomic E-state index is 12.0. The van der Waals surface area contributed by atoms with E-state index in [-0.39, 0.29) is 5.75 Å². The van der Waals surface area contributed by atoms with Gasteiger partial charge < -0.3 is 4.74 Å². The van der Waals surface area contributed by atoms with Crippen LogP contribution in [0.4, 0.5) is 8.78 Å². The van der Waals surface area contributed by atoms with Crippen LogP contribution in [0.15, 0.2) is 48.5 Å². The Kier molecular flexibility index (Phi) is 4.15. The number of hydrogen-bond donors (Lipinski definition) is 0. The molecule has 2 aromatic rings. The number of halogens is 2. The van der Waals surface area contributed by atoms with Crippen LogP contribution in [0.1, 0.15) is 16.7 Å². The van der Waals surface area contributed by atoms with Gasteiger partial charge in [0.15, 0.2) is 0 Å². The van der Waals surface area contributed by atoms with Gasteiger partial charge in [0.2, 0.25) is 0 Å². The van der Waals surface area contributed by atoms with E-state index in [0.717, 1.165) is 16.7 Å². The summed E-state index contributed by atoms with van der Waals surface area (Å²) in [5.74, 6) is 6.18. The molecule has 0 bridgehead atoms. The Labute approximate surface area is 110 Å². The van der Waals surface area contributed by atoms with Crippen molar-refractivity contribution in [3.63, 3.8) is 0 Å². The topological polar surface area (TPSA) is 9.23 Å². The van der Waals surface area contributed by atoms with Gasteiger partial charge in [-0.15, -0.1) is 0 Å². The van der Waals surface area contributed by atoms with Crippen LogP contribution in [0.25, 0.3) is 0 Å². The molecular weight excluding hydrogens is 246 g/mol. The Balaban J connectivity index is 2.15. The third kappa shape index (κ3) is 3.82. The van der Waals surface area contributed by atoms with Crippen molar-refractivity contribution in [3.05, 3.63) is 65.2 Å². The predicted octanol–water partition coefficient (Wildman–Crippen LogP) is 4.00. The van der Waals surface area contributed by atoms with Crippen LogP contribution in [0.5, 0.6) is 5.75 Å². The third-order valence-electron chi connectivity index (χ3n) is 2.57. The monoisotopic (exact) mass is 258 g/mol. The number of benzene rings is 2. The molecule has 3 heteroatoms. The summed E-state index contributed by atoms with van der Waals surface area (Å²) in [5.41, 5.74) is 2.81.